The molecule has 2 aromatic rings. The molecule has 2 unspecified atom stereocenters. The maximum Gasteiger partial charge on any atom is 0.265 e. The lowest BCUT2D eigenvalue weighted by Crippen LogP contribution is -2.16. The van der Waals surface area contributed by atoms with Gasteiger partial charge in [-0.05, 0) is 24.3 Å². The van der Waals surface area contributed by atoms with Gasteiger partial charge in [-0.3, -0.25) is 14.2 Å². The molecule has 0 amide bonds. The molecule has 0 aliphatic carbocycles. The Balaban J connectivity index is 0.000000292. The van der Waals surface area contributed by atoms with E-state index >= 15 is 0 Å². The van der Waals surface area contributed by atoms with Crippen molar-refractivity contribution >= 4 is 10.1 Å². The standard InChI is InChI=1S/C9H12FNO4S.C8H10FNO2/c1-14-6-9(15-16(2,12)13)8-4-3-7(10)5-11-8;1-12-5-8(11)7-3-2-6(9)4-10-7/h3-5,9H,6H2,1-2H3;2-4,8,11H,5H2,1H3. The molecule has 156 valence electrons. The predicted molar refractivity (Wildman–Crippen MR) is 95.8 cm³/mol. The lowest BCUT2D eigenvalue weighted by molar-refractivity contribution is 0.0616. The highest BCUT2D eigenvalue weighted by atomic mass is 32.2. The van der Waals surface area contributed by atoms with Crippen molar-refractivity contribution in [3.63, 3.8) is 0 Å². The first kappa shape index (κ1) is 24.0. The molecule has 0 radical (unpaired) electrons. The summed E-state index contributed by atoms with van der Waals surface area (Å²) in [7, 11) is -0.734. The second-order valence-corrected chi connectivity index (χ2v) is 7.12. The maximum atomic E-state index is 12.6. The highest BCUT2D eigenvalue weighted by molar-refractivity contribution is 7.86. The molecule has 2 atom stereocenters. The van der Waals surface area contributed by atoms with Gasteiger partial charge in [0.1, 0.15) is 23.8 Å². The number of hydrogen-bond donors (Lipinski definition) is 1. The zero-order chi connectivity index (χ0) is 21.2. The average molecular weight is 420 g/mol. The topological polar surface area (TPSA) is 108 Å². The Kier molecular flexibility index (Phi) is 10.0. The minimum absolute atomic E-state index is 0.0195. The molecule has 11 heteroatoms. The van der Waals surface area contributed by atoms with E-state index < -0.39 is 34.0 Å². The van der Waals surface area contributed by atoms with Crippen molar-refractivity contribution in [2.45, 2.75) is 12.2 Å². The Labute approximate surface area is 162 Å². The van der Waals surface area contributed by atoms with Gasteiger partial charge >= 0.3 is 0 Å². The zero-order valence-corrected chi connectivity index (χ0v) is 16.4. The largest absolute Gasteiger partial charge is 0.384 e. The van der Waals surface area contributed by atoms with Crippen LogP contribution in [0.3, 0.4) is 0 Å². The van der Waals surface area contributed by atoms with Gasteiger partial charge in [-0.2, -0.15) is 8.42 Å². The zero-order valence-electron chi connectivity index (χ0n) is 15.6. The normalized spacial score (nSPS) is 13.4. The van der Waals surface area contributed by atoms with Crippen LogP contribution in [-0.2, 0) is 23.8 Å². The van der Waals surface area contributed by atoms with Gasteiger partial charge in [0.05, 0.1) is 43.3 Å². The third-order valence-electron chi connectivity index (χ3n) is 3.11. The van der Waals surface area contributed by atoms with Gasteiger partial charge < -0.3 is 14.6 Å². The fourth-order valence-electron chi connectivity index (χ4n) is 1.93. The summed E-state index contributed by atoms with van der Waals surface area (Å²) >= 11 is 0. The van der Waals surface area contributed by atoms with E-state index in [1.165, 1.54) is 38.5 Å². The summed E-state index contributed by atoms with van der Waals surface area (Å²) in [4.78, 5) is 7.43. The molecule has 28 heavy (non-hydrogen) atoms. The Bertz CT molecular complexity index is 803. The molecule has 2 heterocycles. The number of aromatic nitrogens is 2. The Hall–Kier alpha value is -2.05. The van der Waals surface area contributed by atoms with Gasteiger partial charge in [0.2, 0.25) is 0 Å². The van der Waals surface area contributed by atoms with E-state index in [2.05, 4.69) is 9.97 Å². The SMILES string of the molecule is COCC(O)c1ccc(F)cn1.COCC(OS(C)(=O)=O)c1ccc(F)cn1. The van der Waals surface area contributed by atoms with Gasteiger partial charge in [-0.15, -0.1) is 0 Å². The average Bonchev–Trinajstić information content (AvgIpc) is 2.62. The third kappa shape index (κ3) is 9.24. The summed E-state index contributed by atoms with van der Waals surface area (Å²) in [6.45, 7) is 0.185. The van der Waals surface area contributed by atoms with Crippen LogP contribution in [0, 0.1) is 11.6 Å². The van der Waals surface area contributed by atoms with Gasteiger partial charge in [0.25, 0.3) is 10.1 Å². The van der Waals surface area contributed by atoms with E-state index in [4.69, 9.17) is 13.7 Å². The second kappa shape index (κ2) is 11.7. The van der Waals surface area contributed by atoms with Crippen LogP contribution < -0.4 is 0 Å². The Morgan fingerprint density at radius 3 is 1.86 bits per heavy atom. The number of halogens is 2. The predicted octanol–water partition coefficient (Wildman–Crippen LogP) is 1.78. The molecule has 2 aromatic heterocycles. The van der Waals surface area contributed by atoms with Crippen LogP contribution in [0.1, 0.15) is 23.6 Å². The summed E-state index contributed by atoms with van der Waals surface area (Å²) < 4.78 is 61.2. The quantitative estimate of drug-likeness (QED) is 0.644. The summed E-state index contributed by atoms with van der Waals surface area (Å²) in [5.74, 6) is -0.914. The Morgan fingerprint density at radius 2 is 1.46 bits per heavy atom. The van der Waals surface area contributed by atoms with E-state index in [-0.39, 0.29) is 13.2 Å². The van der Waals surface area contributed by atoms with Gasteiger partial charge in [0, 0.05) is 14.2 Å². The molecule has 0 aliphatic rings. The highest BCUT2D eigenvalue weighted by Gasteiger charge is 2.19. The van der Waals surface area contributed by atoms with Crippen molar-refractivity contribution < 1.29 is 36.0 Å². The van der Waals surface area contributed by atoms with Crippen LogP contribution in [0.4, 0.5) is 8.78 Å². The number of methoxy groups -OCH3 is 2. The first-order valence-corrected chi connectivity index (χ1v) is 9.75. The fourth-order valence-corrected chi connectivity index (χ4v) is 2.51. The minimum atomic E-state index is -3.62. The number of aliphatic hydroxyl groups is 1. The number of ether oxygens (including phenoxy) is 2. The molecule has 0 spiro atoms. The number of pyridine rings is 2. The monoisotopic (exact) mass is 420 g/mol. The van der Waals surface area contributed by atoms with Crippen molar-refractivity contribution in [2.24, 2.45) is 0 Å². The first-order valence-electron chi connectivity index (χ1n) is 7.93. The van der Waals surface area contributed by atoms with Crippen molar-refractivity contribution in [3.8, 4) is 0 Å². The molecule has 0 fully saturated rings. The van der Waals surface area contributed by atoms with Crippen molar-refractivity contribution in [1.29, 1.82) is 0 Å². The second-order valence-electron chi connectivity index (χ2n) is 5.52. The van der Waals surface area contributed by atoms with Crippen molar-refractivity contribution in [2.75, 3.05) is 33.7 Å². The van der Waals surface area contributed by atoms with Crippen LogP contribution in [0.5, 0.6) is 0 Å². The Morgan fingerprint density at radius 1 is 0.964 bits per heavy atom. The molecular formula is C17H22F2N2O6S. The third-order valence-corrected chi connectivity index (χ3v) is 3.69. The molecule has 0 saturated carbocycles. The summed E-state index contributed by atoms with van der Waals surface area (Å²) in [6, 6.07) is 5.21. The highest BCUT2D eigenvalue weighted by Crippen LogP contribution is 2.17. The number of hydrogen-bond acceptors (Lipinski definition) is 8. The van der Waals surface area contributed by atoms with E-state index in [0.717, 1.165) is 18.6 Å². The smallest absolute Gasteiger partial charge is 0.265 e. The summed E-state index contributed by atoms with van der Waals surface area (Å²) in [5.41, 5.74) is 0.715. The molecular weight excluding hydrogens is 398 g/mol. The van der Waals surface area contributed by atoms with Crippen molar-refractivity contribution in [3.05, 3.63) is 59.7 Å². The van der Waals surface area contributed by atoms with Gasteiger partial charge in [-0.25, -0.2) is 8.78 Å². The number of aliphatic hydroxyl groups excluding tert-OH is 1. The number of rotatable bonds is 8. The lowest BCUT2D eigenvalue weighted by atomic mass is 10.2. The van der Waals surface area contributed by atoms with E-state index in [1.54, 1.807) is 0 Å². The molecule has 0 aromatic carbocycles. The first-order chi connectivity index (χ1) is 13.2. The molecule has 0 bridgehead atoms. The molecule has 2 rings (SSSR count). The van der Waals surface area contributed by atoms with Gasteiger partial charge in [-0.1, -0.05) is 0 Å². The van der Waals surface area contributed by atoms with Crippen LogP contribution in [0.25, 0.3) is 0 Å². The molecule has 0 aliphatic heterocycles. The van der Waals surface area contributed by atoms with E-state index in [0.29, 0.717) is 11.4 Å². The van der Waals surface area contributed by atoms with E-state index in [1.807, 2.05) is 0 Å². The lowest BCUT2D eigenvalue weighted by Gasteiger charge is -2.14. The summed E-state index contributed by atoms with van der Waals surface area (Å²) in [6.07, 6.45) is 1.34. The fraction of sp³-hybridized carbons (Fsp3) is 0.412. The van der Waals surface area contributed by atoms with Crippen LogP contribution in [0.15, 0.2) is 36.7 Å². The maximum absolute atomic E-state index is 12.6. The van der Waals surface area contributed by atoms with E-state index in [9.17, 15) is 22.3 Å². The van der Waals surface area contributed by atoms with Crippen LogP contribution >= 0.6 is 0 Å². The van der Waals surface area contributed by atoms with Gasteiger partial charge in [0.15, 0.2) is 0 Å². The molecule has 0 saturated heterocycles. The summed E-state index contributed by atoms with van der Waals surface area (Å²) in [5, 5.41) is 9.30. The van der Waals surface area contributed by atoms with Crippen LogP contribution in [-0.4, -0.2) is 57.2 Å². The molecule has 8 nitrogen and oxygen atoms in total. The van der Waals surface area contributed by atoms with Crippen LogP contribution in [0.2, 0.25) is 0 Å². The molecule has 1 N–H and O–H groups in total. The number of nitrogens with zero attached hydrogens (tertiary/aromatic N) is 2. The minimum Gasteiger partial charge on any atom is -0.384 e. The van der Waals surface area contributed by atoms with Crippen molar-refractivity contribution in [1.82, 2.24) is 9.97 Å².